The van der Waals surface area contributed by atoms with E-state index in [1.54, 1.807) is 18.2 Å². The van der Waals surface area contributed by atoms with E-state index in [9.17, 15) is 4.79 Å². The molecule has 190 valence electrons. The highest BCUT2D eigenvalue weighted by molar-refractivity contribution is 7.19. The van der Waals surface area contributed by atoms with Crippen LogP contribution >= 0.6 is 22.7 Å². The molecular formula is C28H30N6OS2. The zero-order valence-electron chi connectivity index (χ0n) is 20.9. The van der Waals surface area contributed by atoms with E-state index >= 15 is 0 Å². The van der Waals surface area contributed by atoms with E-state index < -0.39 is 0 Å². The van der Waals surface area contributed by atoms with Crippen LogP contribution in [-0.2, 0) is 6.42 Å². The maximum atomic E-state index is 12.6. The van der Waals surface area contributed by atoms with Gasteiger partial charge in [-0.1, -0.05) is 45.2 Å². The molecule has 5 aromatic rings. The molecular weight excluding hydrogens is 500 g/mol. The van der Waals surface area contributed by atoms with Crippen LogP contribution in [0.4, 0.5) is 21.5 Å². The van der Waals surface area contributed by atoms with E-state index in [0.29, 0.717) is 16.3 Å². The van der Waals surface area contributed by atoms with Crippen LogP contribution in [0.1, 0.15) is 48.3 Å². The second-order valence-corrected chi connectivity index (χ2v) is 10.7. The number of benzene rings is 1. The molecule has 9 heteroatoms. The van der Waals surface area contributed by atoms with E-state index in [-0.39, 0.29) is 5.91 Å². The fourth-order valence-electron chi connectivity index (χ4n) is 4.25. The predicted octanol–water partition coefficient (Wildman–Crippen LogP) is 7.47. The number of hydrogen-bond acceptors (Lipinski definition) is 7. The third-order valence-corrected chi connectivity index (χ3v) is 8.12. The first-order valence-corrected chi connectivity index (χ1v) is 14.3. The number of fused-ring (bicyclic) bond motifs is 1. The van der Waals surface area contributed by atoms with Crippen LogP contribution in [0, 0.1) is 5.92 Å². The molecule has 0 aliphatic heterocycles. The number of para-hydroxylation sites is 2. The summed E-state index contributed by atoms with van der Waals surface area (Å²) in [4.78, 5) is 22.6. The van der Waals surface area contributed by atoms with Crippen molar-refractivity contribution in [2.75, 3.05) is 16.4 Å². The van der Waals surface area contributed by atoms with Gasteiger partial charge in [0.1, 0.15) is 11.3 Å². The Morgan fingerprint density at radius 1 is 1.16 bits per heavy atom. The summed E-state index contributed by atoms with van der Waals surface area (Å²) in [5.74, 6) is 0.641. The van der Waals surface area contributed by atoms with E-state index in [0.717, 1.165) is 39.5 Å². The summed E-state index contributed by atoms with van der Waals surface area (Å²) in [5, 5.41) is 9.81. The Morgan fingerprint density at radius 3 is 2.78 bits per heavy atom. The summed E-state index contributed by atoms with van der Waals surface area (Å²) in [7, 11) is 0. The highest BCUT2D eigenvalue weighted by Crippen LogP contribution is 2.33. The Hall–Kier alpha value is -3.69. The van der Waals surface area contributed by atoms with Gasteiger partial charge in [-0.25, -0.2) is 9.97 Å². The molecule has 1 aliphatic carbocycles. The molecule has 0 spiro atoms. The molecule has 1 fully saturated rings. The lowest BCUT2D eigenvalue weighted by atomic mass is 9.81. The van der Waals surface area contributed by atoms with Gasteiger partial charge >= 0.3 is 0 Å². The minimum Gasteiger partial charge on any atom is -0.397 e. The number of nitrogens with two attached hydrogens (primary N) is 1. The number of nitrogens with one attached hydrogen (secondary N) is 2. The Labute approximate surface area is 224 Å². The van der Waals surface area contributed by atoms with Gasteiger partial charge in [-0.05, 0) is 54.3 Å². The molecule has 6 rings (SSSR count). The minimum atomic E-state index is -0.191. The number of imidazole rings is 1. The number of anilines is 4. The lowest BCUT2D eigenvalue weighted by Gasteiger charge is -2.25. The number of carbonyl (C=O) groups excluding carboxylic acids is 1. The lowest BCUT2D eigenvalue weighted by Crippen LogP contribution is -2.13. The van der Waals surface area contributed by atoms with Crippen LogP contribution in [0.5, 0.6) is 0 Å². The van der Waals surface area contributed by atoms with Crippen LogP contribution in [0.3, 0.4) is 0 Å². The van der Waals surface area contributed by atoms with Crippen molar-refractivity contribution >= 4 is 55.7 Å². The van der Waals surface area contributed by atoms with Crippen molar-refractivity contribution in [3.63, 3.8) is 0 Å². The van der Waals surface area contributed by atoms with Crippen molar-refractivity contribution < 1.29 is 4.79 Å². The summed E-state index contributed by atoms with van der Waals surface area (Å²) >= 11 is 2.89. The largest absolute Gasteiger partial charge is 0.397 e. The number of thiazole rings is 1. The molecule has 0 unspecified atom stereocenters. The molecule has 37 heavy (non-hydrogen) atoms. The van der Waals surface area contributed by atoms with Gasteiger partial charge in [-0.3, -0.25) is 9.20 Å². The Morgan fingerprint density at radius 2 is 2.00 bits per heavy atom. The van der Waals surface area contributed by atoms with Gasteiger partial charge < -0.3 is 16.4 Å². The monoisotopic (exact) mass is 530 g/mol. The number of pyridine rings is 1. The van der Waals surface area contributed by atoms with Crippen LogP contribution in [0.15, 0.2) is 66.3 Å². The van der Waals surface area contributed by atoms with Crippen molar-refractivity contribution in [2.24, 2.45) is 5.92 Å². The minimum absolute atomic E-state index is 0.191. The van der Waals surface area contributed by atoms with Crippen molar-refractivity contribution in [3.8, 4) is 11.4 Å². The highest BCUT2D eigenvalue weighted by atomic mass is 32.1. The molecule has 1 saturated carbocycles. The molecule has 1 aliphatic rings. The van der Waals surface area contributed by atoms with Crippen LogP contribution in [0.25, 0.3) is 17.0 Å². The Kier molecular flexibility index (Phi) is 7.52. The predicted molar refractivity (Wildman–Crippen MR) is 155 cm³/mol. The van der Waals surface area contributed by atoms with Gasteiger partial charge in [0.2, 0.25) is 0 Å². The molecule has 4 N–H and O–H groups in total. The van der Waals surface area contributed by atoms with Crippen molar-refractivity contribution in [2.45, 2.75) is 39.5 Å². The third-order valence-electron chi connectivity index (χ3n) is 6.36. The average Bonchev–Trinajstić information content (AvgIpc) is 3.64. The number of nitrogen functional groups attached to an aromatic ring is 1. The number of rotatable bonds is 7. The van der Waals surface area contributed by atoms with Crippen molar-refractivity contribution in [1.29, 1.82) is 0 Å². The van der Waals surface area contributed by atoms with Gasteiger partial charge in [0.05, 0.1) is 33.1 Å². The highest BCUT2D eigenvalue weighted by Gasteiger charge is 2.18. The maximum Gasteiger partial charge on any atom is 0.265 e. The number of carbonyl (C=O) groups is 1. The Balaban J connectivity index is 0.00000137. The standard InChI is InChI=1S/C26H24N6OS2.C2H6/c27-18-6-1-2-7-19(18)29-25(33)22-8-9-24(35-22)31-26-30-20(15-34-26)21-14-28-23-13-17(10-11-32(21)23)12-16-4-3-5-16;1-2/h1-2,6-11,13-16H,3-5,12,27H2,(H,29,33)(H,30,31);1-2H3. The number of amides is 1. The van der Waals surface area contributed by atoms with E-state index in [4.69, 9.17) is 10.7 Å². The first kappa shape index (κ1) is 25.0. The second-order valence-electron chi connectivity index (χ2n) is 8.78. The van der Waals surface area contributed by atoms with Crippen molar-refractivity contribution in [3.05, 3.63) is 76.7 Å². The Bertz CT molecular complexity index is 1510. The van der Waals surface area contributed by atoms with Crippen LogP contribution in [0.2, 0.25) is 0 Å². The zero-order chi connectivity index (χ0) is 25.8. The summed E-state index contributed by atoms with van der Waals surface area (Å²) in [5.41, 5.74) is 11.2. The lowest BCUT2D eigenvalue weighted by molar-refractivity contribution is 0.103. The summed E-state index contributed by atoms with van der Waals surface area (Å²) in [6.45, 7) is 4.00. The summed E-state index contributed by atoms with van der Waals surface area (Å²) < 4.78 is 2.09. The number of thiophene rings is 1. The van der Waals surface area contributed by atoms with Crippen LogP contribution < -0.4 is 16.4 Å². The fourth-order valence-corrected chi connectivity index (χ4v) is 5.83. The summed E-state index contributed by atoms with van der Waals surface area (Å²) in [6, 6.07) is 15.3. The van der Waals surface area contributed by atoms with E-state index in [1.807, 2.05) is 43.6 Å². The van der Waals surface area contributed by atoms with Crippen LogP contribution in [-0.4, -0.2) is 20.3 Å². The molecule has 0 atom stereocenters. The average molecular weight is 531 g/mol. The van der Waals surface area contributed by atoms with Gasteiger partial charge in [0.15, 0.2) is 5.13 Å². The first-order chi connectivity index (χ1) is 18.1. The van der Waals surface area contributed by atoms with Gasteiger partial charge in [0, 0.05) is 11.6 Å². The summed E-state index contributed by atoms with van der Waals surface area (Å²) in [6.07, 6.45) is 9.17. The number of nitrogens with zero attached hydrogens (tertiary/aromatic N) is 3. The zero-order valence-corrected chi connectivity index (χ0v) is 22.5. The smallest absolute Gasteiger partial charge is 0.265 e. The topological polar surface area (TPSA) is 97.3 Å². The molecule has 0 radical (unpaired) electrons. The van der Waals surface area contributed by atoms with Gasteiger partial charge in [0.25, 0.3) is 5.91 Å². The van der Waals surface area contributed by atoms with Gasteiger partial charge in [-0.2, -0.15) is 0 Å². The van der Waals surface area contributed by atoms with Gasteiger partial charge in [-0.15, -0.1) is 22.7 Å². The van der Waals surface area contributed by atoms with E-state index in [1.165, 1.54) is 47.5 Å². The molecule has 0 saturated heterocycles. The second kappa shape index (κ2) is 11.1. The SMILES string of the molecule is CC.Nc1ccccc1NC(=O)c1ccc(Nc2nc(-c3cnc4cc(CC5CCC5)ccn34)cs2)s1. The van der Waals surface area contributed by atoms with E-state index in [2.05, 4.69) is 38.3 Å². The molecule has 7 nitrogen and oxygen atoms in total. The molecule has 1 aromatic carbocycles. The third kappa shape index (κ3) is 5.52. The maximum absolute atomic E-state index is 12.6. The normalized spacial score (nSPS) is 13.0. The number of hydrogen-bond donors (Lipinski definition) is 3. The molecule has 4 aromatic heterocycles. The first-order valence-electron chi connectivity index (χ1n) is 12.6. The number of aromatic nitrogens is 3. The molecule has 1 amide bonds. The fraction of sp³-hybridized carbons (Fsp3) is 0.250. The molecule has 4 heterocycles. The molecule has 0 bridgehead atoms. The quantitative estimate of drug-likeness (QED) is 0.190. The van der Waals surface area contributed by atoms with Crippen molar-refractivity contribution in [1.82, 2.24) is 14.4 Å².